The van der Waals surface area contributed by atoms with Crippen molar-refractivity contribution in [1.82, 2.24) is 5.32 Å². The Kier molecular flexibility index (Phi) is 5.91. The van der Waals surface area contributed by atoms with Crippen LogP contribution in [-0.4, -0.2) is 7.05 Å². The summed E-state index contributed by atoms with van der Waals surface area (Å²) in [6.07, 6.45) is 11.1. The van der Waals surface area contributed by atoms with E-state index in [0.717, 1.165) is 12.3 Å². The maximum Gasteiger partial charge on any atom is 0.0346 e. The van der Waals surface area contributed by atoms with E-state index in [0.29, 0.717) is 6.04 Å². The Morgan fingerprint density at radius 3 is 2.42 bits per heavy atom. The number of nitrogens with one attached hydrogen (secondary N) is 1. The van der Waals surface area contributed by atoms with Gasteiger partial charge in [0.15, 0.2) is 0 Å². The average Bonchev–Trinajstić information content (AvgIpc) is 2.42. The fourth-order valence-corrected chi connectivity index (χ4v) is 3.50. The second-order valence-corrected chi connectivity index (χ2v) is 5.97. The van der Waals surface area contributed by atoms with E-state index in [2.05, 4.69) is 43.6 Å². The summed E-state index contributed by atoms with van der Waals surface area (Å²) in [6.45, 7) is 2.24. The molecule has 0 saturated heterocycles. The summed E-state index contributed by atoms with van der Waals surface area (Å²) < 4.78 is 0. The number of hydrogen-bond donors (Lipinski definition) is 1. The Balaban J connectivity index is 2.12. The third-order valence-corrected chi connectivity index (χ3v) is 4.65. The molecule has 1 saturated carbocycles. The van der Waals surface area contributed by atoms with Crippen LogP contribution < -0.4 is 5.32 Å². The molecule has 106 valence electrons. The van der Waals surface area contributed by atoms with Crippen LogP contribution in [0.3, 0.4) is 0 Å². The van der Waals surface area contributed by atoms with Gasteiger partial charge in [-0.25, -0.2) is 0 Å². The quantitative estimate of drug-likeness (QED) is 0.813. The topological polar surface area (TPSA) is 12.0 Å². The highest BCUT2D eigenvalue weighted by Crippen LogP contribution is 2.33. The summed E-state index contributed by atoms with van der Waals surface area (Å²) in [4.78, 5) is 0. The standard InChI is InChI=1S/C18H29N/c1-3-15-10-9-13-17(14-15)18(19-2)16-11-7-5-4-6-8-12-16/h9-10,13-14,16,18-19H,3-8,11-12H2,1-2H3. The van der Waals surface area contributed by atoms with E-state index in [9.17, 15) is 0 Å². The second-order valence-electron chi connectivity index (χ2n) is 5.97. The first-order valence-electron chi connectivity index (χ1n) is 8.11. The van der Waals surface area contributed by atoms with Gasteiger partial charge in [-0.1, -0.05) is 63.3 Å². The van der Waals surface area contributed by atoms with Gasteiger partial charge in [-0.05, 0) is 43.4 Å². The summed E-state index contributed by atoms with van der Waals surface area (Å²) in [7, 11) is 2.13. The van der Waals surface area contributed by atoms with Crippen molar-refractivity contribution in [3.05, 3.63) is 35.4 Å². The van der Waals surface area contributed by atoms with E-state index >= 15 is 0 Å². The molecule has 0 amide bonds. The third kappa shape index (κ3) is 4.07. The molecule has 1 aromatic carbocycles. The minimum atomic E-state index is 0.546. The lowest BCUT2D eigenvalue weighted by molar-refractivity contribution is 0.299. The highest BCUT2D eigenvalue weighted by molar-refractivity contribution is 5.26. The van der Waals surface area contributed by atoms with Gasteiger partial charge < -0.3 is 5.32 Å². The maximum absolute atomic E-state index is 3.59. The van der Waals surface area contributed by atoms with Crippen molar-refractivity contribution in [2.75, 3.05) is 7.05 Å². The molecule has 1 aliphatic carbocycles. The molecular weight excluding hydrogens is 230 g/mol. The zero-order chi connectivity index (χ0) is 13.5. The Morgan fingerprint density at radius 2 is 1.79 bits per heavy atom. The van der Waals surface area contributed by atoms with Crippen molar-refractivity contribution in [2.45, 2.75) is 64.3 Å². The predicted octanol–water partition coefficient (Wildman–Crippen LogP) is 4.87. The Bertz CT molecular complexity index is 364. The highest BCUT2D eigenvalue weighted by atomic mass is 14.9. The first-order valence-corrected chi connectivity index (χ1v) is 8.11. The lowest BCUT2D eigenvalue weighted by Crippen LogP contribution is -2.26. The van der Waals surface area contributed by atoms with Gasteiger partial charge in [0.2, 0.25) is 0 Å². The normalized spacial score (nSPS) is 19.7. The fourth-order valence-electron chi connectivity index (χ4n) is 3.50. The molecular formula is C18H29N. The Morgan fingerprint density at radius 1 is 1.11 bits per heavy atom. The van der Waals surface area contributed by atoms with Crippen LogP contribution in [0.2, 0.25) is 0 Å². The van der Waals surface area contributed by atoms with Gasteiger partial charge in [-0.3, -0.25) is 0 Å². The summed E-state index contributed by atoms with van der Waals surface area (Å²) in [5.41, 5.74) is 2.95. The molecule has 2 rings (SSSR count). The van der Waals surface area contributed by atoms with E-state index in [1.807, 2.05) is 0 Å². The molecule has 0 heterocycles. The van der Waals surface area contributed by atoms with Crippen LogP contribution in [0.5, 0.6) is 0 Å². The van der Waals surface area contributed by atoms with Gasteiger partial charge in [0.1, 0.15) is 0 Å². The van der Waals surface area contributed by atoms with E-state index in [1.54, 1.807) is 0 Å². The summed E-state index contributed by atoms with van der Waals surface area (Å²) in [5.74, 6) is 0.817. The fraction of sp³-hybridized carbons (Fsp3) is 0.667. The molecule has 1 nitrogen and oxygen atoms in total. The monoisotopic (exact) mass is 259 g/mol. The molecule has 0 bridgehead atoms. The Hall–Kier alpha value is -0.820. The van der Waals surface area contributed by atoms with Crippen LogP contribution >= 0.6 is 0 Å². The van der Waals surface area contributed by atoms with E-state index in [1.165, 1.54) is 56.1 Å². The van der Waals surface area contributed by atoms with Crippen molar-refractivity contribution >= 4 is 0 Å². The lowest BCUT2D eigenvalue weighted by Gasteiger charge is -2.29. The van der Waals surface area contributed by atoms with Crippen LogP contribution in [0, 0.1) is 5.92 Å². The van der Waals surface area contributed by atoms with Gasteiger partial charge in [-0.15, -0.1) is 0 Å². The molecule has 1 atom stereocenters. The van der Waals surface area contributed by atoms with Crippen molar-refractivity contribution in [1.29, 1.82) is 0 Å². The molecule has 0 aromatic heterocycles. The van der Waals surface area contributed by atoms with Gasteiger partial charge >= 0.3 is 0 Å². The molecule has 1 fully saturated rings. The number of aryl methyl sites for hydroxylation is 1. The zero-order valence-corrected chi connectivity index (χ0v) is 12.6. The van der Waals surface area contributed by atoms with Crippen LogP contribution in [0.15, 0.2) is 24.3 Å². The van der Waals surface area contributed by atoms with E-state index in [4.69, 9.17) is 0 Å². The summed E-state index contributed by atoms with van der Waals surface area (Å²) in [6, 6.07) is 9.72. The van der Waals surface area contributed by atoms with E-state index < -0.39 is 0 Å². The Labute approximate surface area is 118 Å². The first-order chi connectivity index (χ1) is 9.35. The van der Waals surface area contributed by atoms with Crippen LogP contribution in [0.4, 0.5) is 0 Å². The van der Waals surface area contributed by atoms with Gasteiger partial charge in [0, 0.05) is 6.04 Å². The molecule has 1 N–H and O–H groups in total. The predicted molar refractivity (Wildman–Crippen MR) is 83.4 cm³/mol. The SMILES string of the molecule is CCc1cccc(C(NC)C2CCCCCCC2)c1. The van der Waals surface area contributed by atoms with Gasteiger partial charge in [-0.2, -0.15) is 0 Å². The molecule has 19 heavy (non-hydrogen) atoms. The lowest BCUT2D eigenvalue weighted by atomic mass is 9.82. The molecule has 0 aliphatic heterocycles. The minimum absolute atomic E-state index is 0.546. The molecule has 1 heteroatoms. The van der Waals surface area contributed by atoms with Crippen molar-refractivity contribution in [3.8, 4) is 0 Å². The molecule has 0 radical (unpaired) electrons. The largest absolute Gasteiger partial charge is 0.313 e. The zero-order valence-electron chi connectivity index (χ0n) is 12.6. The summed E-state index contributed by atoms with van der Waals surface area (Å²) in [5, 5.41) is 3.59. The van der Waals surface area contributed by atoms with Crippen LogP contribution in [0.25, 0.3) is 0 Å². The average molecular weight is 259 g/mol. The minimum Gasteiger partial charge on any atom is -0.313 e. The molecule has 1 unspecified atom stereocenters. The maximum atomic E-state index is 3.59. The number of benzene rings is 1. The highest BCUT2D eigenvalue weighted by Gasteiger charge is 2.22. The third-order valence-electron chi connectivity index (χ3n) is 4.65. The number of rotatable bonds is 4. The number of hydrogen-bond acceptors (Lipinski definition) is 1. The molecule has 1 aliphatic rings. The summed E-state index contributed by atoms with van der Waals surface area (Å²) >= 11 is 0. The second kappa shape index (κ2) is 7.69. The van der Waals surface area contributed by atoms with Crippen molar-refractivity contribution in [3.63, 3.8) is 0 Å². The van der Waals surface area contributed by atoms with Gasteiger partial charge in [0.05, 0.1) is 0 Å². The van der Waals surface area contributed by atoms with Crippen LogP contribution in [-0.2, 0) is 6.42 Å². The van der Waals surface area contributed by atoms with Crippen molar-refractivity contribution < 1.29 is 0 Å². The van der Waals surface area contributed by atoms with E-state index in [-0.39, 0.29) is 0 Å². The van der Waals surface area contributed by atoms with Crippen molar-refractivity contribution in [2.24, 2.45) is 5.92 Å². The van der Waals surface area contributed by atoms with Gasteiger partial charge in [0.25, 0.3) is 0 Å². The smallest absolute Gasteiger partial charge is 0.0346 e. The van der Waals surface area contributed by atoms with Crippen LogP contribution in [0.1, 0.15) is 69.0 Å². The molecule has 0 spiro atoms. The first kappa shape index (κ1) is 14.6. The molecule has 1 aromatic rings.